The number of ether oxygens (including phenoxy) is 1. The molecule has 0 aliphatic carbocycles. The summed E-state index contributed by atoms with van der Waals surface area (Å²) in [6.45, 7) is 0. The minimum absolute atomic E-state index is 0.143. The molecule has 116 valence electrons. The second kappa shape index (κ2) is 5.27. The highest BCUT2D eigenvalue weighted by Gasteiger charge is 2.28. The van der Waals surface area contributed by atoms with Crippen molar-refractivity contribution < 1.29 is 14.5 Å². The maximum absolute atomic E-state index is 11.9. The van der Waals surface area contributed by atoms with Gasteiger partial charge in [0.2, 0.25) is 0 Å². The van der Waals surface area contributed by atoms with Gasteiger partial charge in [-0.3, -0.25) is 10.1 Å². The van der Waals surface area contributed by atoms with Crippen molar-refractivity contribution in [3.05, 3.63) is 81.5 Å². The summed E-state index contributed by atoms with van der Waals surface area (Å²) in [4.78, 5) is 26.7. The Morgan fingerprint density at radius 3 is 2.71 bits per heavy atom. The predicted molar refractivity (Wildman–Crippen MR) is 88.1 cm³/mol. The molecule has 0 radical (unpaired) electrons. The Bertz CT molecular complexity index is 1040. The fraction of sp³-hybridized carbons (Fsp3) is 0. The largest absolute Gasteiger partial charge is 0.422 e. The predicted octanol–water partition coefficient (Wildman–Crippen LogP) is 3.81. The molecular weight excluding hydrogens is 308 g/mol. The molecule has 3 aromatic rings. The summed E-state index contributed by atoms with van der Waals surface area (Å²) >= 11 is 0. The van der Waals surface area contributed by atoms with E-state index in [9.17, 15) is 14.9 Å². The lowest BCUT2D eigenvalue weighted by molar-refractivity contribution is -0.384. The number of non-ortho nitro benzene ring substituents is 1. The molecule has 0 bridgehead atoms. The number of carbonyl (C=O) groups is 1. The Morgan fingerprint density at radius 1 is 1.04 bits per heavy atom. The molecule has 4 rings (SSSR count). The lowest BCUT2D eigenvalue weighted by Crippen LogP contribution is -1.95. The average molecular weight is 318 g/mol. The number of nitro benzene ring substituents is 1. The topological polar surface area (TPSA) is 82.3 Å². The van der Waals surface area contributed by atoms with Crippen molar-refractivity contribution >= 4 is 34.4 Å². The minimum atomic E-state index is -0.597. The number of aromatic nitrogens is 1. The van der Waals surface area contributed by atoms with Gasteiger partial charge in [0.05, 0.1) is 21.7 Å². The highest BCUT2D eigenvalue weighted by Crippen LogP contribution is 2.33. The SMILES string of the molecule is O=C1O/C(=C/c2ccc3ccccc3n2)c2ccc([N+](=O)[O-])cc21. The van der Waals surface area contributed by atoms with Gasteiger partial charge in [0.25, 0.3) is 5.69 Å². The van der Waals surface area contributed by atoms with E-state index in [0.29, 0.717) is 17.0 Å². The maximum Gasteiger partial charge on any atom is 0.344 e. The second-order valence-corrected chi connectivity index (χ2v) is 5.31. The highest BCUT2D eigenvalue weighted by atomic mass is 16.6. The number of fused-ring (bicyclic) bond motifs is 2. The summed E-state index contributed by atoms with van der Waals surface area (Å²) in [6, 6.07) is 15.5. The molecule has 6 heteroatoms. The molecule has 0 atom stereocenters. The Balaban J connectivity index is 1.79. The zero-order valence-corrected chi connectivity index (χ0v) is 12.3. The van der Waals surface area contributed by atoms with E-state index in [2.05, 4.69) is 4.98 Å². The van der Waals surface area contributed by atoms with Gasteiger partial charge in [-0.05, 0) is 18.2 Å². The van der Waals surface area contributed by atoms with Gasteiger partial charge >= 0.3 is 5.97 Å². The van der Waals surface area contributed by atoms with Crippen LogP contribution in [-0.2, 0) is 4.74 Å². The monoisotopic (exact) mass is 318 g/mol. The Morgan fingerprint density at radius 2 is 1.88 bits per heavy atom. The Hall–Kier alpha value is -3.54. The molecule has 0 saturated carbocycles. The van der Waals surface area contributed by atoms with E-state index in [1.54, 1.807) is 6.08 Å². The molecule has 1 aromatic heterocycles. The van der Waals surface area contributed by atoms with Gasteiger partial charge in [-0.1, -0.05) is 24.3 Å². The number of pyridine rings is 1. The van der Waals surface area contributed by atoms with Crippen molar-refractivity contribution in [3.8, 4) is 0 Å². The van der Waals surface area contributed by atoms with Crippen LogP contribution in [0.4, 0.5) is 5.69 Å². The molecule has 1 aliphatic rings. The molecule has 0 unspecified atom stereocenters. The van der Waals surface area contributed by atoms with E-state index < -0.39 is 10.9 Å². The van der Waals surface area contributed by atoms with Crippen LogP contribution < -0.4 is 0 Å². The molecule has 0 fully saturated rings. The van der Waals surface area contributed by atoms with Crippen LogP contribution >= 0.6 is 0 Å². The van der Waals surface area contributed by atoms with Gasteiger partial charge in [-0.15, -0.1) is 0 Å². The lowest BCUT2D eigenvalue weighted by atomic mass is 10.1. The van der Waals surface area contributed by atoms with Gasteiger partial charge in [0, 0.05) is 29.2 Å². The van der Waals surface area contributed by atoms with Crippen molar-refractivity contribution in [2.45, 2.75) is 0 Å². The fourth-order valence-corrected chi connectivity index (χ4v) is 2.64. The summed E-state index contributed by atoms with van der Waals surface area (Å²) in [5.74, 6) is -0.256. The van der Waals surface area contributed by atoms with E-state index in [4.69, 9.17) is 4.74 Å². The van der Waals surface area contributed by atoms with Crippen molar-refractivity contribution in [2.24, 2.45) is 0 Å². The number of esters is 1. The van der Waals surface area contributed by atoms with E-state index >= 15 is 0 Å². The summed E-state index contributed by atoms with van der Waals surface area (Å²) < 4.78 is 5.24. The number of benzene rings is 2. The average Bonchev–Trinajstić information content (AvgIpc) is 2.90. The number of cyclic esters (lactones) is 1. The van der Waals surface area contributed by atoms with Crippen LogP contribution in [0.1, 0.15) is 21.6 Å². The number of hydrogen-bond donors (Lipinski definition) is 0. The molecule has 0 N–H and O–H groups in total. The Labute approximate surface area is 136 Å². The molecule has 6 nitrogen and oxygen atoms in total. The number of carbonyl (C=O) groups excluding carboxylic acids is 1. The third kappa shape index (κ3) is 2.30. The van der Waals surface area contributed by atoms with Crippen molar-refractivity contribution in [1.82, 2.24) is 4.98 Å². The van der Waals surface area contributed by atoms with Crippen LogP contribution in [0.15, 0.2) is 54.6 Å². The number of nitrogens with zero attached hydrogens (tertiary/aromatic N) is 2. The first kappa shape index (κ1) is 14.1. The standard InChI is InChI=1S/C18H10N2O4/c21-18-15-10-13(20(22)23)7-8-14(15)17(24-18)9-12-6-5-11-3-1-2-4-16(11)19-12/h1-10H/b17-9+. The molecule has 2 aromatic carbocycles. The molecule has 0 spiro atoms. The van der Waals surface area contributed by atoms with E-state index in [1.165, 1.54) is 18.2 Å². The van der Waals surface area contributed by atoms with Gasteiger partial charge < -0.3 is 4.74 Å². The number of para-hydroxylation sites is 1. The number of nitro groups is 1. The van der Waals surface area contributed by atoms with Crippen molar-refractivity contribution in [1.29, 1.82) is 0 Å². The molecule has 0 amide bonds. The number of hydrogen-bond acceptors (Lipinski definition) is 5. The second-order valence-electron chi connectivity index (χ2n) is 5.31. The summed E-state index contributed by atoms with van der Waals surface area (Å²) in [5, 5.41) is 11.8. The van der Waals surface area contributed by atoms with Gasteiger partial charge in [0.15, 0.2) is 0 Å². The van der Waals surface area contributed by atoms with Gasteiger partial charge in [0.1, 0.15) is 5.76 Å². The summed E-state index contributed by atoms with van der Waals surface area (Å²) in [5.41, 5.74) is 2.05. The maximum atomic E-state index is 11.9. The zero-order chi connectivity index (χ0) is 16.7. The highest BCUT2D eigenvalue weighted by molar-refractivity contribution is 6.06. The first-order valence-electron chi connectivity index (χ1n) is 7.20. The zero-order valence-electron chi connectivity index (χ0n) is 12.3. The van der Waals surface area contributed by atoms with Crippen LogP contribution in [0.2, 0.25) is 0 Å². The quantitative estimate of drug-likeness (QED) is 0.407. The van der Waals surface area contributed by atoms with Crippen LogP contribution in [0.25, 0.3) is 22.7 Å². The molecular formula is C18H10N2O4. The van der Waals surface area contributed by atoms with Crippen LogP contribution in [0.3, 0.4) is 0 Å². The van der Waals surface area contributed by atoms with Gasteiger partial charge in [-0.25, -0.2) is 9.78 Å². The van der Waals surface area contributed by atoms with Crippen LogP contribution in [-0.4, -0.2) is 15.9 Å². The van der Waals surface area contributed by atoms with Crippen molar-refractivity contribution in [3.63, 3.8) is 0 Å². The van der Waals surface area contributed by atoms with E-state index in [-0.39, 0.29) is 11.3 Å². The molecule has 24 heavy (non-hydrogen) atoms. The lowest BCUT2D eigenvalue weighted by Gasteiger charge is -2.01. The first-order valence-corrected chi connectivity index (χ1v) is 7.20. The molecule has 0 saturated heterocycles. The van der Waals surface area contributed by atoms with Crippen molar-refractivity contribution in [2.75, 3.05) is 0 Å². The first-order chi connectivity index (χ1) is 11.6. The Kier molecular flexibility index (Phi) is 3.09. The number of rotatable bonds is 2. The normalized spacial score (nSPS) is 14.7. The van der Waals surface area contributed by atoms with E-state index in [0.717, 1.165) is 10.9 Å². The summed E-state index contributed by atoms with van der Waals surface area (Å²) in [6.07, 6.45) is 1.65. The van der Waals surface area contributed by atoms with Crippen LogP contribution in [0.5, 0.6) is 0 Å². The van der Waals surface area contributed by atoms with E-state index in [1.807, 2.05) is 36.4 Å². The summed E-state index contributed by atoms with van der Waals surface area (Å²) in [7, 11) is 0. The van der Waals surface area contributed by atoms with Gasteiger partial charge in [-0.2, -0.15) is 0 Å². The third-order valence-corrected chi connectivity index (χ3v) is 3.80. The molecule has 1 aliphatic heterocycles. The fourth-order valence-electron chi connectivity index (χ4n) is 2.64. The smallest absolute Gasteiger partial charge is 0.344 e. The molecule has 2 heterocycles. The van der Waals surface area contributed by atoms with Crippen LogP contribution in [0, 0.1) is 10.1 Å². The third-order valence-electron chi connectivity index (χ3n) is 3.80. The minimum Gasteiger partial charge on any atom is -0.422 e.